The molecule has 1 atom stereocenters. The van der Waals surface area contributed by atoms with E-state index in [2.05, 4.69) is 23.8 Å². The number of likely N-dealkylation sites (N-methyl/N-ethyl adjacent to an activating group) is 1. The van der Waals surface area contributed by atoms with Crippen LogP contribution in [0, 0.1) is 5.82 Å². The first-order valence-electron chi connectivity index (χ1n) is 7.53. The van der Waals surface area contributed by atoms with Crippen LogP contribution in [0.25, 0.3) is 0 Å². The number of halogens is 1. The smallest absolute Gasteiger partial charge is 0.123 e. The Morgan fingerprint density at radius 2 is 2.10 bits per heavy atom. The van der Waals surface area contributed by atoms with E-state index in [1.807, 2.05) is 6.07 Å². The van der Waals surface area contributed by atoms with Crippen LogP contribution in [0.15, 0.2) is 24.3 Å². The minimum absolute atomic E-state index is 0.125. The Kier molecular flexibility index (Phi) is 5.52. The SMILES string of the molecule is CCN1CCC(N(C)CC(N)c2cccc(F)c2)CC1. The van der Waals surface area contributed by atoms with Gasteiger partial charge in [0.25, 0.3) is 0 Å². The molecular formula is C16H26FN3. The van der Waals surface area contributed by atoms with Crippen LogP contribution < -0.4 is 5.73 Å². The van der Waals surface area contributed by atoms with Crippen molar-refractivity contribution >= 4 is 0 Å². The van der Waals surface area contributed by atoms with Crippen molar-refractivity contribution in [3.63, 3.8) is 0 Å². The van der Waals surface area contributed by atoms with E-state index in [1.165, 1.54) is 38.1 Å². The third-order valence-electron chi connectivity index (χ3n) is 4.39. The van der Waals surface area contributed by atoms with Crippen LogP contribution in [0.2, 0.25) is 0 Å². The van der Waals surface area contributed by atoms with Gasteiger partial charge < -0.3 is 15.5 Å². The van der Waals surface area contributed by atoms with Gasteiger partial charge in [-0.05, 0) is 57.2 Å². The minimum atomic E-state index is -0.211. The summed E-state index contributed by atoms with van der Waals surface area (Å²) in [7, 11) is 2.13. The van der Waals surface area contributed by atoms with E-state index in [9.17, 15) is 4.39 Å². The maximum atomic E-state index is 13.2. The van der Waals surface area contributed by atoms with Crippen LogP contribution in [0.3, 0.4) is 0 Å². The Labute approximate surface area is 121 Å². The molecule has 1 fully saturated rings. The van der Waals surface area contributed by atoms with Crippen LogP contribution in [0.5, 0.6) is 0 Å². The molecule has 1 unspecified atom stereocenters. The van der Waals surface area contributed by atoms with Crippen molar-refractivity contribution in [2.75, 3.05) is 33.2 Å². The summed E-state index contributed by atoms with van der Waals surface area (Å²) in [6.45, 7) is 6.46. The lowest BCUT2D eigenvalue weighted by Crippen LogP contribution is -2.45. The van der Waals surface area contributed by atoms with E-state index in [0.29, 0.717) is 6.04 Å². The molecule has 2 N–H and O–H groups in total. The Morgan fingerprint density at radius 1 is 1.40 bits per heavy atom. The van der Waals surface area contributed by atoms with Crippen molar-refractivity contribution in [3.8, 4) is 0 Å². The number of hydrogen-bond acceptors (Lipinski definition) is 3. The molecule has 2 rings (SSSR count). The highest BCUT2D eigenvalue weighted by atomic mass is 19.1. The van der Waals surface area contributed by atoms with Crippen molar-refractivity contribution in [1.82, 2.24) is 9.80 Å². The van der Waals surface area contributed by atoms with E-state index < -0.39 is 0 Å². The van der Waals surface area contributed by atoms with Gasteiger partial charge >= 0.3 is 0 Å². The predicted molar refractivity (Wildman–Crippen MR) is 81.1 cm³/mol. The fourth-order valence-corrected chi connectivity index (χ4v) is 2.98. The molecule has 0 amide bonds. The van der Waals surface area contributed by atoms with E-state index >= 15 is 0 Å². The first-order valence-corrected chi connectivity index (χ1v) is 7.53. The van der Waals surface area contributed by atoms with E-state index in [1.54, 1.807) is 6.07 Å². The molecule has 1 aliphatic heterocycles. The second kappa shape index (κ2) is 7.16. The molecule has 0 spiro atoms. The Bertz CT molecular complexity index is 416. The number of nitrogens with zero attached hydrogens (tertiary/aromatic N) is 2. The van der Waals surface area contributed by atoms with Crippen molar-refractivity contribution in [3.05, 3.63) is 35.6 Å². The predicted octanol–water partition coefficient (Wildman–Crippen LogP) is 2.24. The highest BCUT2D eigenvalue weighted by Gasteiger charge is 2.23. The molecule has 20 heavy (non-hydrogen) atoms. The molecule has 1 heterocycles. The number of rotatable bonds is 5. The molecule has 1 aromatic carbocycles. The highest BCUT2D eigenvalue weighted by molar-refractivity contribution is 5.20. The van der Waals surface area contributed by atoms with Crippen LogP contribution >= 0.6 is 0 Å². The molecule has 0 aliphatic carbocycles. The number of benzene rings is 1. The van der Waals surface area contributed by atoms with Gasteiger partial charge in [0.2, 0.25) is 0 Å². The number of nitrogens with two attached hydrogens (primary N) is 1. The average Bonchev–Trinajstić information content (AvgIpc) is 2.47. The monoisotopic (exact) mass is 279 g/mol. The van der Waals surface area contributed by atoms with E-state index in [-0.39, 0.29) is 11.9 Å². The molecule has 3 nitrogen and oxygen atoms in total. The van der Waals surface area contributed by atoms with Crippen molar-refractivity contribution in [2.24, 2.45) is 5.73 Å². The summed E-state index contributed by atoms with van der Waals surface area (Å²) < 4.78 is 13.2. The Balaban J connectivity index is 1.86. The number of likely N-dealkylation sites (tertiary alicyclic amines) is 1. The maximum absolute atomic E-state index is 13.2. The average molecular weight is 279 g/mol. The molecule has 112 valence electrons. The summed E-state index contributed by atoms with van der Waals surface area (Å²) in [6.07, 6.45) is 2.39. The van der Waals surface area contributed by atoms with Gasteiger partial charge in [-0.25, -0.2) is 4.39 Å². The third-order valence-corrected chi connectivity index (χ3v) is 4.39. The topological polar surface area (TPSA) is 32.5 Å². The summed E-state index contributed by atoms with van der Waals surface area (Å²) in [5.74, 6) is -0.211. The highest BCUT2D eigenvalue weighted by Crippen LogP contribution is 2.19. The van der Waals surface area contributed by atoms with E-state index in [4.69, 9.17) is 5.73 Å². The fraction of sp³-hybridized carbons (Fsp3) is 0.625. The summed E-state index contributed by atoms with van der Waals surface area (Å²) in [5, 5.41) is 0. The van der Waals surface area contributed by atoms with Crippen molar-refractivity contribution in [1.29, 1.82) is 0 Å². The molecule has 1 saturated heterocycles. The third kappa shape index (κ3) is 4.01. The van der Waals surface area contributed by atoms with Gasteiger partial charge in [-0.1, -0.05) is 19.1 Å². The molecule has 0 bridgehead atoms. The standard InChI is InChI=1S/C16H26FN3/c1-3-20-9-7-15(8-10-20)19(2)12-16(18)13-5-4-6-14(17)11-13/h4-6,11,15-16H,3,7-10,12,18H2,1-2H3. The Hall–Kier alpha value is -0.970. The molecule has 4 heteroatoms. The van der Waals surface area contributed by atoms with Gasteiger partial charge in [0.1, 0.15) is 5.82 Å². The number of piperidine rings is 1. The van der Waals surface area contributed by atoms with Gasteiger partial charge in [0.05, 0.1) is 0 Å². The Morgan fingerprint density at radius 3 is 2.70 bits per heavy atom. The molecule has 1 aliphatic rings. The quantitative estimate of drug-likeness (QED) is 0.897. The zero-order valence-corrected chi connectivity index (χ0v) is 12.6. The van der Waals surface area contributed by atoms with Crippen molar-refractivity contribution < 1.29 is 4.39 Å². The lowest BCUT2D eigenvalue weighted by atomic mass is 10.0. The zero-order valence-electron chi connectivity index (χ0n) is 12.6. The minimum Gasteiger partial charge on any atom is -0.323 e. The van der Waals surface area contributed by atoms with Crippen LogP contribution in [-0.4, -0.2) is 49.1 Å². The van der Waals surface area contributed by atoms with Gasteiger partial charge in [0.15, 0.2) is 0 Å². The first-order chi connectivity index (χ1) is 9.60. The van der Waals surface area contributed by atoms with Gasteiger partial charge in [-0.3, -0.25) is 0 Å². The van der Waals surface area contributed by atoms with Gasteiger partial charge in [-0.15, -0.1) is 0 Å². The van der Waals surface area contributed by atoms with Crippen LogP contribution in [0.4, 0.5) is 4.39 Å². The fourth-order valence-electron chi connectivity index (χ4n) is 2.98. The lowest BCUT2D eigenvalue weighted by Gasteiger charge is -2.37. The summed E-state index contributed by atoms with van der Waals surface area (Å²) in [5.41, 5.74) is 7.08. The first kappa shape index (κ1) is 15.4. The normalized spacial score (nSPS) is 19.4. The summed E-state index contributed by atoms with van der Waals surface area (Å²) in [4.78, 5) is 4.82. The maximum Gasteiger partial charge on any atom is 0.123 e. The molecule has 0 saturated carbocycles. The zero-order chi connectivity index (χ0) is 14.5. The summed E-state index contributed by atoms with van der Waals surface area (Å²) >= 11 is 0. The van der Waals surface area contributed by atoms with Crippen LogP contribution in [-0.2, 0) is 0 Å². The van der Waals surface area contributed by atoms with Gasteiger partial charge in [-0.2, -0.15) is 0 Å². The van der Waals surface area contributed by atoms with Gasteiger partial charge in [0, 0.05) is 18.6 Å². The molecule has 0 aromatic heterocycles. The second-order valence-electron chi connectivity index (χ2n) is 5.77. The summed E-state index contributed by atoms with van der Waals surface area (Å²) in [6, 6.07) is 7.10. The second-order valence-corrected chi connectivity index (χ2v) is 5.77. The van der Waals surface area contributed by atoms with Crippen LogP contribution in [0.1, 0.15) is 31.4 Å². The lowest BCUT2D eigenvalue weighted by molar-refractivity contribution is 0.127. The molecule has 0 radical (unpaired) electrons. The number of hydrogen-bond donors (Lipinski definition) is 1. The molecular weight excluding hydrogens is 253 g/mol. The largest absolute Gasteiger partial charge is 0.323 e. The van der Waals surface area contributed by atoms with Crippen molar-refractivity contribution in [2.45, 2.75) is 31.8 Å². The van der Waals surface area contributed by atoms with E-state index in [0.717, 1.165) is 18.7 Å². The molecule has 1 aromatic rings.